The summed E-state index contributed by atoms with van der Waals surface area (Å²) in [5, 5.41) is 5.09. The molecule has 6 nitrogen and oxygen atoms in total. The van der Waals surface area contributed by atoms with Crippen molar-refractivity contribution in [2.75, 3.05) is 12.4 Å². The number of carbonyl (C=O) groups excluding carboxylic acids is 2. The number of amides is 2. The van der Waals surface area contributed by atoms with Gasteiger partial charge < -0.3 is 15.2 Å². The maximum absolute atomic E-state index is 13.7. The molecule has 2 aromatic carbocycles. The van der Waals surface area contributed by atoms with E-state index in [4.69, 9.17) is 0 Å². The molecule has 25 heavy (non-hydrogen) atoms. The lowest BCUT2D eigenvalue weighted by Crippen LogP contribution is -2.25. The molecule has 0 saturated heterocycles. The van der Waals surface area contributed by atoms with E-state index in [1.165, 1.54) is 12.1 Å². The number of anilines is 1. The standard InChI is InChI=1S/C18H17FN4O2/c1-20-17(24)10-16-21-14-8-4-5-9-15(14)23(16)11-18(25)22-13-7-3-2-6-12(13)19/h2-9H,10-11H2,1H3,(H,20,24)(H,22,25). The van der Waals surface area contributed by atoms with Crippen molar-refractivity contribution in [3.8, 4) is 0 Å². The van der Waals surface area contributed by atoms with Gasteiger partial charge in [-0.1, -0.05) is 24.3 Å². The van der Waals surface area contributed by atoms with Crippen LogP contribution in [0.2, 0.25) is 0 Å². The van der Waals surface area contributed by atoms with Crippen LogP contribution in [-0.2, 0) is 22.6 Å². The summed E-state index contributed by atoms with van der Waals surface area (Å²) in [4.78, 5) is 28.5. The zero-order valence-electron chi connectivity index (χ0n) is 13.6. The molecule has 0 unspecified atom stereocenters. The number of rotatable bonds is 5. The van der Waals surface area contributed by atoms with Gasteiger partial charge in [0.15, 0.2) is 0 Å². The normalized spacial score (nSPS) is 10.6. The Morgan fingerprint density at radius 3 is 2.56 bits per heavy atom. The van der Waals surface area contributed by atoms with Gasteiger partial charge in [-0.25, -0.2) is 9.37 Å². The van der Waals surface area contributed by atoms with Gasteiger partial charge in [0, 0.05) is 7.05 Å². The predicted octanol–water partition coefficient (Wildman–Crippen LogP) is 2.10. The van der Waals surface area contributed by atoms with Crippen LogP contribution in [0.1, 0.15) is 5.82 Å². The predicted molar refractivity (Wildman–Crippen MR) is 92.5 cm³/mol. The number of nitrogens with one attached hydrogen (secondary N) is 2. The number of fused-ring (bicyclic) bond motifs is 1. The Morgan fingerprint density at radius 2 is 1.80 bits per heavy atom. The van der Waals surface area contributed by atoms with Crippen molar-refractivity contribution in [2.45, 2.75) is 13.0 Å². The molecular weight excluding hydrogens is 323 g/mol. The highest BCUT2D eigenvalue weighted by Crippen LogP contribution is 2.18. The van der Waals surface area contributed by atoms with Gasteiger partial charge in [-0.3, -0.25) is 9.59 Å². The van der Waals surface area contributed by atoms with Crippen LogP contribution in [0.25, 0.3) is 11.0 Å². The van der Waals surface area contributed by atoms with E-state index in [1.807, 2.05) is 24.3 Å². The summed E-state index contributed by atoms with van der Waals surface area (Å²) >= 11 is 0. The van der Waals surface area contributed by atoms with Crippen molar-refractivity contribution in [3.63, 3.8) is 0 Å². The van der Waals surface area contributed by atoms with Crippen molar-refractivity contribution in [2.24, 2.45) is 0 Å². The monoisotopic (exact) mass is 340 g/mol. The molecule has 3 rings (SSSR count). The number of aromatic nitrogens is 2. The summed E-state index contributed by atoms with van der Waals surface area (Å²) in [5.74, 6) is -0.626. The zero-order valence-corrected chi connectivity index (χ0v) is 13.6. The fraction of sp³-hybridized carbons (Fsp3) is 0.167. The van der Waals surface area contributed by atoms with E-state index in [9.17, 15) is 14.0 Å². The van der Waals surface area contributed by atoms with Crippen molar-refractivity contribution in [1.82, 2.24) is 14.9 Å². The molecule has 3 aromatic rings. The number of halogens is 1. The SMILES string of the molecule is CNC(=O)Cc1nc2ccccc2n1CC(=O)Nc1ccccc1F. The molecule has 2 amide bonds. The minimum Gasteiger partial charge on any atom is -0.359 e. The maximum atomic E-state index is 13.7. The highest BCUT2D eigenvalue weighted by Gasteiger charge is 2.16. The second-order valence-electron chi connectivity index (χ2n) is 5.48. The average molecular weight is 340 g/mol. The lowest BCUT2D eigenvalue weighted by Gasteiger charge is -2.10. The van der Waals surface area contributed by atoms with E-state index >= 15 is 0 Å². The van der Waals surface area contributed by atoms with Gasteiger partial charge >= 0.3 is 0 Å². The molecule has 0 radical (unpaired) electrons. The number of hydrogen-bond acceptors (Lipinski definition) is 3. The Bertz CT molecular complexity index is 936. The average Bonchev–Trinajstić information content (AvgIpc) is 2.94. The molecule has 0 aliphatic rings. The molecule has 0 aliphatic carbocycles. The minimum atomic E-state index is -0.503. The first-order chi connectivity index (χ1) is 12.1. The third-order valence-corrected chi connectivity index (χ3v) is 3.78. The van der Waals surface area contributed by atoms with Crippen LogP contribution in [0, 0.1) is 5.82 Å². The van der Waals surface area contributed by atoms with Gasteiger partial charge in [-0.15, -0.1) is 0 Å². The Morgan fingerprint density at radius 1 is 1.08 bits per heavy atom. The van der Waals surface area contributed by atoms with E-state index in [0.29, 0.717) is 11.3 Å². The summed E-state index contributed by atoms with van der Waals surface area (Å²) in [7, 11) is 1.54. The van der Waals surface area contributed by atoms with E-state index in [2.05, 4.69) is 15.6 Å². The highest BCUT2D eigenvalue weighted by atomic mass is 19.1. The summed E-state index contributed by atoms with van der Waals surface area (Å²) in [6.45, 7) is -0.0683. The smallest absolute Gasteiger partial charge is 0.244 e. The number of para-hydroxylation sites is 3. The van der Waals surface area contributed by atoms with Crippen LogP contribution >= 0.6 is 0 Å². The number of imidazole rings is 1. The summed E-state index contributed by atoms with van der Waals surface area (Å²) in [6, 6.07) is 13.3. The van der Waals surface area contributed by atoms with Crippen molar-refractivity contribution >= 4 is 28.5 Å². The fourth-order valence-electron chi connectivity index (χ4n) is 2.56. The highest BCUT2D eigenvalue weighted by molar-refractivity contribution is 5.92. The Labute approximate surface area is 143 Å². The third-order valence-electron chi connectivity index (χ3n) is 3.78. The van der Waals surface area contributed by atoms with Crippen LogP contribution in [-0.4, -0.2) is 28.4 Å². The summed E-state index contributed by atoms with van der Waals surface area (Å²) in [6.07, 6.45) is 0.0537. The number of likely N-dealkylation sites (N-methyl/N-ethyl adjacent to an activating group) is 1. The van der Waals surface area contributed by atoms with Crippen LogP contribution in [0.5, 0.6) is 0 Å². The van der Waals surface area contributed by atoms with Crippen LogP contribution in [0.3, 0.4) is 0 Å². The van der Waals surface area contributed by atoms with E-state index in [0.717, 1.165) is 5.52 Å². The number of hydrogen-bond donors (Lipinski definition) is 2. The molecule has 0 aliphatic heterocycles. The maximum Gasteiger partial charge on any atom is 0.244 e. The molecule has 2 N–H and O–H groups in total. The lowest BCUT2D eigenvalue weighted by molar-refractivity contribution is -0.120. The molecular formula is C18H17FN4O2. The molecule has 7 heteroatoms. The van der Waals surface area contributed by atoms with E-state index in [-0.39, 0.29) is 24.6 Å². The van der Waals surface area contributed by atoms with Gasteiger partial charge in [-0.05, 0) is 24.3 Å². The molecule has 1 aromatic heterocycles. The second-order valence-corrected chi connectivity index (χ2v) is 5.48. The molecule has 128 valence electrons. The Balaban J connectivity index is 1.88. The van der Waals surface area contributed by atoms with Gasteiger partial charge in [0.25, 0.3) is 0 Å². The molecule has 0 atom stereocenters. The third kappa shape index (κ3) is 3.65. The topological polar surface area (TPSA) is 76.0 Å². The minimum absolute atomic E-state index is 0.0537. The van der Waals surface area contributed by atoms with Gasteiger partial charge in [0.05, 0.1) is 23.1 Å². The fourth-order valence-corrected chi connectivity index (χ4v) is 2.56. The van der Waals surface area contributed by atoms with Crippen LogP contribution in [0.4, 0.5) is 10.1 Å². The first-order valence-corrected chi connectivity index (χ1v) is 7.77. The molecule has 0 bridgehead atoms. The van der Waals surface area contributed by atoms with E-state index < -0.39 is 11.7 Å². The van der Waals surface area contributed by atoms with Crippen molar-refractivity contribution < 1.29 is 14.0 Å². The van der Waals surface area contributed by atoms with Crippen LogP contribution < -0.4 is 10.6 Å². The second kappa shape index (κ2) is 7.12. The molecule has 0 saturated carbocycles. The van der Waals surface area contributed by atoms with E-state index in [1.54, 1.807) is 23.7 Å². The largest absolute Gasteiger partial charge is 0.359 e. The Kier molecular flexibility index (Phi) is 4.74. The van der Waals surface area contributed by atoms with Gasteiger partial charge in [-0.2, -0.15) is 0 Å². The van der Waals surface area contributed by atoms with Crippen molar-refractivity contribution in [1.29, 1.82) is 0 Å². The van der Waals surface area contributed by atoms with Crippen LogP contribution in [0.15, 0.2) is 48.5 Å². The summed E-state index contributed by atoms with van der Waals surface area (Å²) < 4.78 is 15.4. The number of nitrogens with zero attached hydrogens (tertiary/aromatic N) is 2. The lowest BCUT2D eigenvalue weighted by atomic mass is 10.3. The quantitative estimate of drug-likeness (QED) is 0.747. The first kappa shape index (κ1) is 16.6. The molecule has 0 fully saturated rings. The van der Waals surface area contributed by atoms with Crippen molar-refractivity contribution in [3.05, 3.63) is 60.2 Å². The zero-order chi connectivity index (χ0) is 17.8. The Hall–Kier alpha value is -3.22. The molecule has 0 spiro atoms. The number of benzene rings is 2. The number of carbonyl (C=O) groups is 2. The summed E-state index contributed by atoms with van der Waals surface area (Å²) in [5.41, 5.74) is 1.55. The molecule has 1 heterocycles. The first-order valence-electron chi connectivity index (χ1n) is 7.77. The van der Waals surface area contributed by atoms with Gasteiger partial charge in [0.1, 0.15) is 18.2 Å². The van der Waals surface area contributed by atoms with Gasteiger partial charge in [0.2, 0.25) is 11.8 Å².